The summed E-state index contributed by atoms with van der Waals surface area (Å²) in [5.41, 5.74) is 1.80. The average molecular weight is 173 g/mol. The minimum atomic E-state index is 0.0393. The summed E-state index contributed by atoms with van der Waals surface area (Å²) in [6.45, 7) is 0.759. The average Bonchev–Trinajstić information content (AvgIpc) is 2.20. The maximum absolute atomic E-state index is 11.4. The minimum Gasteiger partial charge on any atom is -0.352 e. The van der Waals surface area contributed by atoms with Crippen LogP contribution in [0.5, 0.6) is 0 Å². The zero-order valence-corrected chi connectivity index (χ0v) is 7.29. The molecule has 1 heterocycles. The first-order valence-electron chi connectivity index (χ1n) is 4.42. The number of benzene rings is 1. The van der Waals surface area contributed by atoms with Gasteiger partial charge in [0.05, 0.1) is 0 Å². The van der Waals surface area contributed by atoms with Gasteiger partial charge >= 0.3 is 0 Å². The normalized spacial score (nSPS) is 16.3. The van der Waals surface area contributed by atoms with Gasteiger partial charge in [0.1, 0.15) is 0 Å². The number of carbonyl (C=O) groups excluding carboxylic acids is 1. The van der Waals surface area contributed by atoms with E-state index in [-0.39, 0.29) is 5.91 Å². The molecule has 1 aliphatic heterocycles. The van der Waals surface area contributed by atoms with Crippen molar-refractivity contribution in [2.45, 2.75) is 6.42 Å². The van der Waals surface area contributed by atoms with Crippen molar-refractivity contribution in [1.29, 1.82) is 0 Å². The number of carbonyl (C=O) groups is 1. The molecule has 13 heavy (non-hydrogen) atoms. The van der Waals surface area contributed by atoms with Crippen molar-refractivity contribution >= 4 is 11.5 Å². The van der Waals surface area contributed by atoms with Gasteiger partial charge < -0.3 is 5.32 Å². The van der Waals surface area contributed by atoms with Crippen molar-refractivity contribution in [2.75, 3.05) is 6.54 Å². The summed E-state index contributed by atoms with van der Waals surface area (Å²) < 4.78 is 0. The molecule has 0 saturated carbocycles. The molecule has 0 atom stereocenters. The van der Waals surface area contributed by atoms with Crippen LogP contribution in [0, 0.1) is 0 Å². The zero-order valence-electron chi connectivity index (χ0n) is 7.29. The third-order valence-electron chi connectivity index (χ3n) is 2.11. The highest BCUT2D eigenvalue weighted by Gasteiger charge is 2.13. The van der Waals surface area contributed by atoms with Crippen LogP contribution in [0.25, 0.3) is 5.57 Å². The molecule has 0 fully saturated rings. The SMILES string of the molecule is O=C1NCCC=C1c1ccccc1. The second kappa shape index (κ2) is 3.44. The Kier molecular flexibility index (Phi) is 2.13. The lowest BCUT2D eigenvalue weighted by Gasteiger charge is -2.13. The van der Waals surface area contributed by atoms with Gasteiger partial charge in [-0.25, -0.2) is 0 Å². The molecule has 0 aromatic heterocycles. The highest BCUT2D eigenvalue weighted by molar-refractivity contribution is 6.20. The molecular formula is C11H11NO. The molecule has 0 aliphatic carbocycles. The van der Waals surface area contributed by atoms with Crippen LogP contribution in [-0.4, -0.2) is 12.5 Å². The first kappa shape index (κ1) is 8.05. The minimum absolute atomic E-state index is 0.0393. The van der Waals surface area contributed by atoms with Crippen molar-refractivity contribution in [3.63, 3.8) is 0 Å². The second-order valence-electron chi connectivity index (χ2n) is 3.03. The number of amides is 1. The first-order chi connectivity index (χ1) is 6.38. The Hall–Kier alpha value is -1.57. The molecule has 0 saturated heterocycles. The molecule has 0 spiro atoms. The summed E-state index contributed by atoms with van der Waals surface area (Å²) in [6.07, 6.45) is 2.92. The van der Waals surface area contributed by atoms with Gasteiger partial charge in [0.15, 0.2) is 0 Å². The Bertz CT molecular complexity index is 340. The van der Waals surface area contributed by atoms with E-state index in [0.29, 0.717) is 0 Å². The van der Waals surface area contributed by atoms with Gasteiger partial charge in [0, 0.05) is 12.1 Å². The molecule has 1 amide bonds. The summed E-state index contributed by atoms with van der Waals surface area (Å²) in [5, 5.41) is 2.82. The van der Waals surface area contributed by atoms with Crippen molar-refractivity contribution in [3.05, 3.63) is 42.0 Å². The molecular weight excluding hydrogens is 162 g/mol. The molecule has 2 heteroatoms. The lowest BCUT2D eigenvalue weighted by Crippen LogP contribution is -2.28. The molecule has 1 aliphatic rings. The largest absolute Gasteiger partial charge is 0.352 e. The molecule has 0 bridgehead atoms. The van der Waals surface area contributed by atoms with Gasteiger partial charge in [-0.3, -0.25) is 4.79 Å². The van der Waals surface area contributed by atoms with Crippen LogP contribution in [0.3, 0.4) is 0 Å². The van der Waals surface area contributed by atoms with E-state index < -0.39 is 0 Å². The maximum atomic E-state index is 11.4. The van der Waals surface area contributed by atoms with Crippen LogP contribution in [0.2, 0.25) is 0 Å². The van der Waals surface area contributed by atoms with E-state index in [1.807, 2.05) is 36.4 Å². The highest BCUT2D eigenvalue weighted by Crippen LogP contribution is 2.16. The van der Waals surface area contributed by atoms with Crippen LogP contribution < -0.4 is 5.32 Å². The summed E-state index contributed by atoms with van der Waals surface area (Å²) in [4.78, 5) is 11.4. The van der Waals surface area contributed by atoms with Crippen molar-refractivity contribution < 1.29 is 4.79 Å². The number of rotatable bonds is 1. The fourth-order valence-corrected chi connectivity index (χ4v) is 1.46. The zero-order chi connectivity index (χ0) is 9.10. The first-order valence-corrected chi connectivity index (χ1v) is 4.42. The Morgan fingerprint density at radius 2 is 1.92 bits per heavy atom. The van der Waals surface area contributed by atoms with E-state index in [1.54, 1.807) is 0 Å². The Morgan fingerprint density at radius 3 is 2.62 bits per heavy atom. The predicted octanol–water partition coefficient (Wildman–Crippen LogP) is 1.59. The smallest absolute Gasteiger partial charge is 0.251 e. The summed E-state index contributed by atoms with van der Waals surface area (Å²) >= 11 is 0. The molecule has 66 valence electrons. The topological polar surface area (TPSA) is 29.1 Å². The van der Waals surface area contributed by atoms with E-state index in [9.17, 15) is 4.79 Å². The molecule has 2 nitrogen and oxygen atoms in total. The second-order valence-corrected chi connectivity index (χ2v) is 3.03. The third kappa shape index (κ3) is 1.61. The van der Waals surface area contributed by atoms with E-state index in [0.717, 1.165) is 24.1 Å². The van der Waals surface area contributed by atoms with E-state index in [1.165, 1.54) is 0 Å². The van der Waals surface area contributed by atoms with E-state index >= 15 is 0 Å². The standard InChI is InChI=1S/C11H11NO/c13-11-10(7-4-8-12-11)9-5-2-1-3-6-9/h1-3,5-7H,4,8H2,(H,12,13). The van der Waals surface area contributed by atoms with E-state index in [2.05, 4.69) is 5.32 Å². The van der Waals surface area contributed by atoms with Crippen molar-refractivity contribution in [1.82, 2.24) is 5.32 Å². The molecule has 2 rings (SSSR count). The predicted molar refractivity (Wildman–Crippen MR) is 52.0 cm³/mol. The van der Waals surface area contributed by atoms with Gasteiger partial charge in [0.25, 0.3) is 5.91 Å². The Morgan fingerprint density at radius 1 is 1.15 bits per heavy atom. The van der Waals surface area contributed by atoms with Gasteiger partial charge in [0.2, 0.25) is 0 Å². The quantitative estimate of drug-likeness (QED) is 0.686. The van der Waals surface area contributed by atoms with Gasteiger partial charge in [-0.15, -0.1) is 0 Å². The highest BCUT2D eigenvalue weighted by atomic mass is 16.1. The lowest BCUT2D eigenvalue weighted by molar-refractivity contribution is -0.115. The van der Waals surface area contributed by atoms with Crippen molar-refractivity contribution in [2.24, 2.45) is 0 Å². The van der Waals surface area contributed by atoms with Gasteiger partial charge in [-0.05, 0) is 12.0 Å². The molecule has 1 aromatic rings. The molecule has 0 radical (unpaired) electrons. The van der Waals surface area contributed by atoms with Crippen LogP contribution in [0.4, 0.5) is 0 Å². The summed E-state index contributed by atoms with van der Waals surface area (Å²) in [6, 6.07) is 9.74. The fraction of sp³-hybridized carbons (Fsp3) is 0.182. The number of hydrogen-bond donors (Lipinski definition) is 1. The number of hydrogen-bond acceptors (Lipinski definition) is 1. The Balaban J connectivity index is 2.35. The monoisotopic (exact) mass is 173 g/mol. The van der Waals surface area contributed by atoms with Gasteiger partial charge in [-0.2, -0.15) is 0 Å². The third-order valence-corrected chi connectivity index (χ3v) is 2.11. The van der Waals surface area contributed by atoms with Crippen LogP contribution in [0.15, 0.2) is 36.4 Å². The van der Waals surface area contributed by atoms with Gasteiger partial charge in [-0.1, -0.05) is 36.4 Å². The van der Waals surface area contributed by atoms with Crippen LogP contribution >= 0.6 is 0 Å². The summed E-state index contributed by atoms with van der Waals surface area (Å²) in [5.74, 6) is 0.0393. The molecule has 0 unspecified atom stereocenters. The molecule has 1 N–H and O–H groups in total. The van der Waals surface area contributed by atoms with Crippen molar-refractivity contribution in [3.8, 4) is 0 Å². The number of nitrogens with one attached hydrogen (secondary N) is 1. The van der Waals surface area contributed by atoms with E-state index in [4.69, 9.17) is 0 Å². The summed E-state index contributed by atoms with van der Waals surface area (Å²) in [7, 11) is 0. The molecule has 1 aromatic carbocycles. The van der Waals surface area contributed by atoms with Crippen LogP contribution in [0.1, 0.15) is 12.0 Å². The van der Waals surface area contributed by atoms with Crippen LogP contribution in [-0.2, 0) is 4.79 Å². The fourth-order valence-electron chi connectivity index (χ4n) is 1.46. The maximum Gasteiger partial charge on any atom is 0.251 e. The Labute approximate surface area is 77.3 Å². The lowest BCUT2D eigenvalue weighted by atomic mass is 10.0.